The van der Waals surface area contributed by atoms with E-state index in [9.17, 15) is 4.79 Å². The van der Waals surface area contributed by atoms with Crippen molar-refractivity contribution in [2.45, 2.75) is 65.0 Å². The lowest BCUT2D eigenvalue weighted by Gasteiger charge is -2.39. The molecule has 0 aromatic carbocycles. The highest BCUT2D eigenvalue weighted by Gasteiger charge is 2.36. The van der Waals surface area contributed by atoms with Crippen LogP contribution in [0.4, 0.5) is 0 Å². The average Bonchev–Trinajstić information content (AvgIpc) is 3.00. The van der Waals surface area contributed by atoms with Crippen LogP contribution >= 0.6 is 0 Å². The molecule has 0 radical (unpaired) electrons. The zero-order valence-corrected chi connectivity index (χ0v) is 14.5. The van der Waals surface area contributed by atoms with Gasteiger partial charge in [-0.05, 0) is 66.0 Å². The van der Waals surface area contributed by atoms with Crippen LogP contribution in [0, 0.1) is 12.8 Å². The Morgan fingerprint density at radius 2 is 1.91 bits per heavy atom. The number of hydrogen-bond acceptors (Lipinski definition) is 5. The third kappa shape index (κ3) is 3.57. The number of aromatic nitrogens is 2. The Labute approximate surface area is 138 Å². The van der Waals surface area contributed by atoms with E-state index in [0.717, 1.165) is 51.7 Å². The maximum Gasteiger partial charge on any atom is 0.249 e. The molecule has 3 rings (SSSR count). The Kier molecular flexibility index (Phi) is 4.99. The second-order valence-electron chi connectivity index (χ2n) is 7.13. The SMILES string of the molecule is Cc1noc(C2CCCCN2C(=O)C2CCN(C(C)C)CC2)n1. The minimum atomic E-state index is -0.0272. The summed E-state index contributed by atoms with van der Waals surface area (Å²) >= 11 is 0. The fraction of sp³-hybridized carbons (Fsp3) is 0.824. The van der Waals surface area contributed by atoms with E-state index < -0.39 is 0 Å². The molecule has 128 valence electrons. The molecule has 2 saturated heterocycles. The van der Waals surface area contributed by atoms with Crippen LogP contribution in [0.5, 0.6) is 0 Å². The topological polar surface area (TPSA) is 62.5 Å². The second-order valence-corrected chi connectivity index (χ2v) is 7.13. The molecule has 0 aliphatic carbocycles. The molecule has 1 unspecified atom stereocenters. The van der Waals surface area contributed by atoms with Crippen molar-refractivity contribution >= 4 is 5.91 Å². The lowest BCUT2D eigenvalue weighted by molar-refractivity contribution is -0.142. The van der Waals surface area contributed by atoms with Gasteiger partial charge in [0.05, 0.1) is 0 Å². The third-order valence-corrected chi connectivity index (χ3v) is 5.22. The van der Waals surface area contributed by atoms with Gasteiger partial charge in [-0.1, -0.05) is 5.16 Å². The number of carbonyl (C=O) groups excluding carboxylic acids is 1. The van der Waals surface area contributed by atoms with Crippen molar-refractivity contribution in [1.82, 2.24) is 19.9 Å². The molecule has 2 fully saturated rings. The molecule has 2 aliphatic heterocycles. The van der Waals surface area contributed by atoms with Gasteiger partial charge in [-0.3, -0.25) is 4.79 Å². The van der Waals surface area contributed by atoms with E-state index in [2.05, 4.69) is 28.9 Å². The fourth-order valence-electron chi connectivity index (χ4n) is 3.80. The monoisotopic (exact) mass is 320 g/mol. The summed E-state index contributed by atoms with van der Waals surface area (Å²) in [7, 11) is 0. The molecule has 0 bridgehead atoms. The number of likely N-dealkylation sites (tertiary alicyclic amines) is 2. The van der Waals surface area contributed by atoms with E-state index >= 15 is 0 Å². The van der Waals surface area contributed by atoms with E-state index in [1.807, 2.05) is 11.8 Å². The van der Waals surface area contributed by atoms with Gasteiger partial charge in [0, 0.05) is 18.5 Å². The number of hydrogen-bond donors (Lipinski definition) is 0. The van der Waals surface area contributed by atoms with E-state index in [0.29, 0.717) is 17.8 Å². The number of piperidine rings is 2. The lowest BCUT2D eigenvalue weighted by atomic mass is 9.92. The van der Waals surface area contributed by atoms with Gasteiger partial charge in [-0.2, -0.15) is 4.98 Å². The van der Waals surface area contributed by atoms with Crippen molar-refractivity contribution in [3.05, 3.63) is 11.7 Å². The first-order valence-electron chi connectivity index (χ1n) is 8.91. The maximum atomic E-state index is 13.0. The quantitative estimate of drug-likeness (QED) is 0.856. The number of amides is 1. The first-order chi connectivity index (χ1) is 11.1. The molecule has 0 spiro atoms. The standard InChI is InChI=1S/C17H28N4O2/c1-12(2)20-10-7-14(8-11-20)17(22)21-9-5-4-6-15(21)16-18-13(3)19-23-16/h12,14-15H,4-11H2,1-3H3. The first-order valence-corrected chi connectivity index (χ1v) is 8.91. The molecule has 6 heteroatoms. The zero-order chi connectivity index (χ0) is 16.4. The second kappa shape index (κ2) is 6.99. The Hall–Kier alpha value is -1.43. The molecular formula is C17H28N4O2. The normalized spacial score (nSPS) is 24.3. The molecule has 3 heterocycles. The highest BCUT2D eigenvalue weighted by atomic mass is 16.5. The molecule has 23 heavy (non-hydrogen) atoms. The van der Waals surface area contributed by atoms with Crippen molar-refractivity contribution < 1.29 is 9.32 Å². The third-order valence-electron chi connectivity index (χ3n) is 5.22. The predicted octanol–water partition coefficient (Wildman–Crippen LogP) is 2.55. The van der Waals surface area contributed by atoms with E-state index in [4.69, 9.17) is 4.52 Å². The van der Waals surface area contributed by atoms with Crippen molar-refractivity contribution in [1.29, 1.82) is 0 Å². The van der Waals surface area contributed by atoms with Gasteiger partial charge < -0.3 is 14.3 Å². The van der Waals surface area contributed by atoms with Gasteiger partial charge in [0.25, 0.3) is 0 Å². The highest BCUT2D eigenvalue weighted by molar-refractivity contribution is 5.79. The molecule has 1 aromatic rings. The van der Waals surface area contributed by atoms with E-state index in [-0.39, 0.29) is 17.9 Å². The van der Waals surface area contributed by atoms with Gasteiger partial charge in [0.2, 0.25) is 11.8 Å². The summed E-state index contributed by atoms with van der Waals surface area (Å²) in [5.74, 6) is 1.68. The van der Waals surface area contributed by atoms with Crippen LogP contribution in [0.3, 0.4) is 0 Å². The van der Waals surface area contributed by atoms with Gasteiger partial charge in [0.1, 0.15) is 6.04 Å². The number of carbonyl (C=O) groups is 1. The fourth-order valence-corrected chi connectivity index (χ4v) is 3.80. The Balaban J connectivity index is 1.67. The Morgan fingerprint density at radius 1 is 1.17 bits per heavy atom. The van der Waals surface area contributed by atoms with Crippen molar-refractivity contribution in [3.63, 3.8) is 0 Å². The summed E-state index contributed by atoms with van der Waals surface area (Å²) in [5, 5.41) is 3.90. The minimum absolute atomic E-state index is 0.0272. The highest BCUT2D eigenvalue weighted by Crippen LogP contribution is 2.33. The summed E-state index contributed by atoms with van der Waals surface area (Å²) in [5.41, 5.74) is 0. The van der Waals surface area contributed by atoms with Crippen LogP contribution in [-0.4, -0.2) is 51.5 Å². The van der Waals surface area contributed by atoms with Gasteiger partial charge in [0.15, 0.2) is 5.82 Å². The molecule has 0 saturated carbocycles. The summed E-state index contributed by atoms with van der Waals surface area (Å²) in [6, 6.07) is 0.538. The summed E-state index contributed by atoms with van der Waals surface area (Å²) in [6.45, 7) is 9.12. The number of nitrogens with zero attached hydrogens (tertiary/aromatic N) is 4. The maximum absolute atomic E-state index is 13.0. The molecule has 6 nitrogen and oxygen atoms in total. The van der Waals surface area contributed by atoms with Crippen molar-refractivity contribution in [3.8, 4) is 0 Å². The van der Waals surface area contributed by atoms with Crippen molar-refractivity contribution in [2.75, 3.05) is 19.6 Å². The minimum Gasteiger partial charge on any atom is -0.337 e. The first kappa shape index (κ1) is 16.4. The van der Waals surface area contributed by atoms with Crippen LogP contribution in [0.15, 0.2) is 4.52 Å². The van der Waals surface area contributed by atoms with Crippen LogP contribution in [-0.2, 0) is 4.79 Å². The van der Waals surface area contributed by atoms with Crippen LogP contribution < -0.4 is 0 Å². The predicted molar refractivity (Wildman–Crippen MR) is 86.8 cm³/mol. The number of aryl methyl sites for hydroxylation is 1. The summed E-state index contributed by atoms with van der Waals surface area (Å²) in [6.07, 6.45) is 5.03. The van der Waals surface area contributed by atoms with Crippen molar-refractivity contribution in [2.24, 2.45) is 5.92 Å². The lowest BCUT2D eigenvalue weighted by Crippen LogP contribution is -2.46. The average molecular weight is 320 g/mol. The van der Waals surface area contributed by atoms with Crippen LogP contribution in [0.2, 0.25) is 0 Å². The Bertz CT molecular complexity index is 534. The smallest absolute Gasteiger partial charge is 0.249 e. The van der Waals surface area contributed by atoms with E-state index in [1.165, 1.54) is 0 Å². The zero-order valence-electron chi connectivity index (χ0n) is 14.5. The largest absolute Gasteiger partial charge is 0.337 e. The molecule has 2 aliphatic rings. The summed E-state index contributed by atoms with van der Waals surface area (Å²) in [4.78, 5) is 21.9. The van der Waals surface area contributed by atoms with Gasteiger partial charge in [-0.25, -0.2) is 0 Å². The summed E-state index contributed by atoms with van der Waals surface area (Å²) < 4.78 is 5.36. The molecule has 1 aromatic heterocycles. The number of rotatable bonds is 3. The van der Waals surface area contributed by atoms with Gasteiger partial charge >= 0.3 is 0 Å². The molecule has 1 amide bonds. The van der Waals surface area contributed by atoms with Crippen LogP contribution in [0.1, 0.15) is 63.7 Å². The molecule has 1 atom stereocenters. The molecular weight excluding hydrogens is 292 g/mol. The Morgan fingerprint density at radius 3 is 2.52 bits per heavy atom. The van der Waals surface area contributed by atoms with Crippen LogP contribution in [0.25, 0.3) is 0 Å². The van der Waals surface area contributed by atoms with E-state index in [1.54, 1.807) is 0 Å². The molecule has 0 N–H and O–H groups in total. The van der Waals surface area contributed by atoms with Gasteiger partial charge in [-0.15, -0.1) is 0 Å².